The van der Waals surface area contributed by atoms with Crippen molar-refractivity contribution in [2.75, 3.05) is 32.8 Å². The third-order valence-electron chi connectivity index (χ3n) is 5.48. The fourth-order valence-corrected chi connectivity index (χ4v) is 4.11. The zero-order valence-corrected chi connectivity index (χ0v) is 22.1. The van der Waals surface area contributed by atoms with Crippen LogP contribution in [0.3, 0.4) is 0 Å². The molecule has 1 aliphatic rings. The number of nitrogens with zero attached hydrogens (tertiary/aromatic N) is 2. The monoisotopic (exact) mass is 546 g/mol. The number of hydrogen-bond donors (Lipinski definition) is 3. The Morgan fingerprint density at radius 3 is 2.32 bits per heavy atom. The molecular weight excluding hydrogens is 503 g/mol. The molecule has 3 unspecified atom stereocenters. The molecule has 1 saturated heterocycles. The van der Waals surface area contributed by atoms with Crippen molar-refractivity contribution in [3.63, 3.8) is 0 Å². The van der Waals surface area contributed by atoms with E-state index in [1.807, 2.05) is 0 Å². The fourth-order valence-electron chi connectivity index (χ4n) is 4.11. The second-order valence-corrected chi connectivity index (χ2v) is 8.51. The van der Waals surface area contributed by atoms with Gasteiger partial charge in [0, 0.05) is 39.3 Å². The summed E-state index contributed by atoms with van der Waals surface area (Å²) in [5.41, 5.74) is 2.54. The Hall–Kier alpha value is -0.900. The van der Waals surface area contributed by atoms with E-state index in [0.717, 1.165) is 57.9 Å². The molecule has 0 amide bonds. The summed E-state index contributed by atoms with van der Waals surface area (Å²) >= 11 is 0. The van der Waals surface area contributed by atoms with Crippen LogP contribution in [0, 0.1) is 5.92 Å². The molecule has 0 aliphatic carbocycles. The molecule has 1 heterocycles. The topological polar surface area (TPSA) is 69.1 Å². The van der Waals surface area contributed by atoms with Crippen molar-refractivity contribution in [1.29, 1.82) is 0 Å². The lowest BCUT2D eigenvalue weighted by atomic mass is 10.0. The number of aliphatic hydroxyl groups is 1. The summed E-state index contributed by atoms with van der Waals surface area (Å²) in [6.45, 7) is 14.1. The molecule has 3 atom stereocenters. The predicted molar refractivity (Wildman–Crippen MR) is 140 cm³/mol. The number of aliphatic imine (C=N–C) groups is 1. The van der Waals surface area contributed by atoms with Crippen LogP contribution in [0.2, 0.25) is 0 Å². The molecule has 0 aromatic heterocycles. The second kappa shape index (κ2) is 15.8. The summed E-state index contributed by atoms with van der Waals surface area (Å²) in [4.78, 5) is 7.22. The minimum atomic E-state index is 0. The van der Waals surface area contributed by atoms with Crippen molar-refractivity contribution < 1.29 is 9.84 Å². The second-order valence-electron chi connectivity index (χ2n) is 8.51. The van der Waals surface area contributed by atoms with E-state index in [2.05, 4.69) is 67.5 Å². The maximum atomic E-state index is 9.25. The maximum absolute atomic E-state index is 9.25. The zero-order chi connectivity index (χ0) is 21.8. The number of rotatable bonds is 11. The Labute approximate surface area is 206 Å². The number of nitrogens with one attached hydrogen (secondary N) is 2. The van der Waals surface area contributed by atoms with Crippen molar-refractivity contribution in [3.05, 3.63) is 35.4 Å². The van der Waals surface area contributed by atoms with Gasteiger partial charge in [0.15, 0.2) is 5.96 Å². The van der Waals surface area contributed by atoms with Crippen LogP contribution in [0.25, 0.3) is 0 Å². The van der Waals surface area contributed by atoms with Gasteiger partial charge in [-0.25, -0.2) is 4.99 Å². The first kappa shape index (κ1) is 28.1. The summed E-state index contributed by atoms with van der Waals surface area (Å²) in [5, 5.41) is 16.0. The molecule has 7 heteroatoms. The van der Waals surface area contributed by atoms with Gasteiger partial charge in [-0.3, -0.25) is 4.90 Å². The number of ether oxygens (including phenoxy) is 1. The third kappa shape index (κ3) is 11.0. The fraction of sp³-hybridized carbons (Fsp3) is 0.708. The van der Waals surface area contributed by atoms with Crippen molar-refractivity contribution in [2.24, 2.45) is 10.9 Å². The lowest BCUT2D eigenvalue weighted by molar-refractivity contribution is -0.0704. The highest BCUT2D eigenvalue weighted by molar-refractivity contribution is 14.0. The van der Waals surface area contributed by atoms with Crippen LogP contribution in [0.4, 0.5) is 0 Å². The number of guanidine groups is 1. The van der Waals surface area contributed by atoms with E-state index in [4.69, 9.17) is 9.73 Å². The minimum absolute atomic E-state index is 0. The minimum Gasteiger partial charge on any atom is -0.396 e. The SMILES string of the molecule is CCCC(CCO)CNC(=NCc1ccc(CN2CC(C)OC(C)C2)cc1)NCC.I. The van der Waals surface area contributed by atoms with E-state index in [1.54, 1.807) is 0 Å². The molecule has 3 N–H and O–H groups in total. The van der Waals surface area contributed by atoms with Crippen molar-refractivity contribution >= 4 is 29.9 Å². The van der Waals surface area contributed by atoms with Crippen LogP contribution >= 0.6 is 24.0 Å². The van der Waals surface area contributed by atoms with Gasteiger partial charge in [0.25, 0.3) is 0 Å². The number of hydrogen-bond acceptors (Lipinski definition) is 4. The van der Waals surface area contributed by atoms with Gasteiger partial charge in [0.1, 0.15) is 0 Å². The largest absolute Gasteiger partial charge is 0.396 e. The standard InChI is InChI=1S/C24H42N4O2.HI/c1-5-7-21(12-13-29)14-26-24(25-6-2)27-15-22-8-10-23(11-9-22)18-28-16-19(3)30-20(4)17-28;/h8-11,19-21,29H,5-7,12-18H2,1-4H3,(H2,25,26,27);1H. The molecule has 1 aliphatic heterocycles. The van der Waals surface area contributed by atoms with E-state index in [1.165, 1.54) is 11.1 Å². The smallest absolute Gasteiger partial charge is 0.191 e. The molecule has 6 nitrogen and oxygen atoms in total. The summed E-state index contributed by atoms with van der Waals surface area (Å²) < 4.78 is 5.83. The van der Waals surface area contributed by atoms with Gasteiger partial charge in [0.2, 0.25) is 0 Å². The van der Waals surface area contributed by atoms with Crippen LogP contribution < -0.4 is 10.6 Å². The third-order valence-corrected chi connectivity index (χ3v) is 5.48. The average molecular weight is 547 g/mol. The average Bonchev–Trinajstić information content (AvgIpc) is 2.70. The highest BCUT2D eigenvalue weighted by atomic mass is 127. The first-order valence-electron chi connectivity index (χ1n) is 11.6. The lowest BCUT2D eigenvalue weighted by Crippen LogP contribution is -2.44. The first-order valence-corrected chi connectivity index (χ1v) is 11.6. The summed E-state index contributed by atoms with van der Waals surface area (Å²) in [5.74, 6) is 1.32. The Bertz CT molecular complexity index is 611. The molecule has 1 aromatic carbocycles. The molecule has 1 aromatic rings. The number of halogens is 1. The Balaban J connectivity index is 0.00000480. The normalized spacial score (nSPS) is 20.7. The van der Waals surface area contributed by atoms with Crippen LogP contribution in [-0.2, 0) is 17.8 Å². The van der Waals surface area contributed by atoms with E-state index in [-0.39, 0.29) is 30.6 Å². The highest BCUT2D eigenvalue weighted by Gasteiger charge is 2.21. The summed E-state index contributed by atoms with van der Waals surface area (Å²) in [6.07, 6.45) is 3.69. The molecule has 178 valence electrons. The van der Waals surface area contributed by atoms with Crippen molar-refractivity contribution in [3.8, 4) is 0 Å². The molecule has 1 fully saturated rings. The van der Waals surface area contributed by atoms with Crippen LogP contribution in [0.15, 0.2) is 29.3 Å². The van der Waals surface area contributed by atoms with Gasteiger partial charge in [0.05, 0.1) is 18.8 Å². The number of aliphatic hydroxyl groups excluding tert-OH is 1. The van der Waals surface area contributed by atoms with Crippen molar-refractivity contribution in [2.45, 2.75) is 72.3 Å². The zero-order valence-electron chi connectivity index (χ0n) is 19.8. The first-order chi connectivity index (χ1) is 14.5. The Morgan fingerprint density at radius 1 is 1.10 bits per heavy atom. The van der Waals surface area contributed by atoms with Gasteiger partial charge in [-0.1, -0.05) is 37.6 Å². The van der Waals surface area contributed by atoms with Gasteiger partial charge >= 0.3 is 0 Å². The molecule has 0 bridgehead atoms. The van der Waals surface area contributed by atoms with E-state index >= 15 is 0 Å². The molecule has 0 saturated carbocycles. The van der Waals surface area contributed by atoms with Gasteiger partial charge in [-0.05, 0) is 50.7 Å². The quantitative estimate of drug-likeness (QED) is 0.224. The van der Waals surface area contributed by atoms with Crippen LogP contribution in [-0.4, -0.2) is 61.0 Å². The molecule has 2 rings (SSSR count). The lowest BCUT2D eigenvalue weighted by Gasteiger charge is -2.35. The number of benzene rings is 1. The summed E-state index contributed by atoms with van der Waals surface area (Å²) in [6, 6.07) is 8.80. The Kier molecular flexibility index (Phi) is 14.4. The van der Waals surface area contributed by atoms with Gasteiger partial charge in [-0.2, -0.15) is 0 Å². The van der Waals surface area contributed by atoms with E-state index < -0.39 is 0 Å². The summed E-state index contributed by atoms with van der Waals surface area (Å²) in [7, 11) is 0. The molecule has 31 heavy (non-hydrogen) atoms. The van der Waals surface area contributed by atoms with Crippen LogP contribution in [0.1, 0.15) is 58.1 Å². The molecule has 0 spiro atoms. The maximum Gasteiger partial charge on any atom is 0.191 e. The highest BCUT2D eigenvalue weighted by Crippen LogP contribution is 2.15. The molecule has 0 radical (unpaired) electrons. The van der Waals surface area contributed by atoms with Gasteiger partial charge in [-0.15, -0.1) is 24.0 Å². The van der Waals surface area contributed by atoms with E-state index in [0.29, 0.717) is 24.7 Å². The number of morpholine rings is 1. The Morgan fingerprint density at radius 2 is 1.74 bits per heavy atom. The predicted octanol–water partition coefficient (Wildman–Crippen LogP) is 3.77. The molecular formula is C24H43IN4O2. The van der Waals surface area contributed by atoms with Crippen molar-refractivity contribution in [1.82, 2.24) is 15.5 Å². The van der Waals surface area contributed by atoms with Crippen LogP contribution in [0.5, 0.6) is 0 Å². The van der Waals surface area contributed by atoms with Gasteiger partial charge < -0.3 is 20.5 Å². The van der Waals surface area contributed by atoms with E-state index in [9.17, 15) is 5.11 Å².